The van der Waals surface area contributed by atoms with Crippen molar-refractivity contribution in [3.8, 4) is 5.75 Å². The molecule has 0 bridgehead atoms. The molecule has 1 aromatic heterocycles. The Hall–Kier alpha value is -3.64. The van der Waals surface area contributed by atoms with Crippen molar-refractivity contribution in [2.75, 3.05) is 18.1 Å². The van der Waals surface area contributed by atoms with Gasteiger partial charge in [0.05, 0.1) is 17.6 Å². The molecule has 0 aliphatic carbocycles. The fourth-order valence-corrected chi connectivity index (χ4v) is 4.67. The van der Waals surface area contributed by atoms with E-state index in [1.807, 2.05) is 91.5 Å². The standard InChI is InChI=1S/C28H29N3O3/c1-19-11-13-23(14-12-19)34-18-22(32)17-31-26-10-6-4-8-24(26)29-28(31)21-15-27(33)30(16-21)25-9-5-3-7-20(25)2/h3-14,21-22,32H,15-18H2,1-2H3. The molecule has 4 aromatic rings. The lowest BCUT2D eigenvalue weighted by atomic mass is 10.1. The van der Waals surface area contributed by atoms with Crippen LogP contribution in [-0.4, -0.2) is 39.8 Å². The second-order valence-corrected chi connectivity index (χ2v) is 9.04. The first-order valence-corrected chi connectivity index (χ1v) is 11.7. The molecule has 6 nitrogen and oxygen atoms in total. The lowest BCUT2D eigenvalue weighted by Crippen LogP contribution is -2.27. The van der Waals surface area contributed by atoms with Gasteiger partial charge in [0.15, 0.2) is 0 Å². The number of anilines is 1. The maximum absolute atomic E-state index is 13.0. The minimum Gasteiger partial charge on any atom is -0.491 e. The summed E-state index contributed by atoms with van der Waals surface area (Å²) in [5, 5.41) is 10.8. The van der Waals surface area contributed by atoms with Crippen molar-refractivity contribution in [3.05, 3.63) is 89.7 Å². The van der Waals surface area contributed by atoms with Crippen LogP contribution in [0.25, 0.3) is 11.0 Å². The summed E-state index contributed by atoms with van der Waals surface area (Å²) < 4.78 is 7.86. The number of ether oxygens (including phenoxy) is 1. The molecule has 34 heavy (non-hydrogen) atoms. The average Bonchev–Trinajstić information content (AvgIpc) is 3.39. The molecule has 5 rings (SSSR count). The lowest BCUT2D eigenvalue weighted by molar-refractivity contribution is -0.117. The molecule has 0 radical (unpaired) electrons. The van der Waals surface area contributed by atoms with Crippen molar-refractivity contribution >= 4 is 22.6 Å². The Bertz CT molecular complexity index is 1310. The van der Waals surface area contributed by atoms with E-state index in [2.05, 4.69) is 4.57 Å². The zero-order valence-electron chi connectivity index (χ0n) is 19.5. The summed E-state index contributed by atoms with van der Waals surface area (Å²) in [7, 11) is 0. The SMILES string of the molecule is Cc1ccc(OCC(O)Cn2c(C3CC(=O)N(c4ccccc4C)C3)nc3ccccc32)cc1. The van der Waals surface area contributed by atoms with Crippen LogP contribution in [0.2, 0.25) is 0 Å². The van der Waals surface area contributed by atoms with E-state index in [0.29, 0.717) is 19.5 Å². The fourth-order valence-electron chi connectivity index (χ4n) is 4.67. The number of para-hydroxylation sites is 3. The van der Waals surface area contributed by atoms with Crippen LogP contribution < -0.4 is 9.64 Å². The van der Waals surface area contributed by atoms with E-state index in [-0.39, 0.29) is 18.4 Å². The summed E-state index contributed by atoms with van der Waals surface area (Å²) in [5.41, 5.74) is 5.01. The molecule has 2 atom stereocenters. The number of aromatic nitrogens is 2. The average molecular weight is 456 g/mol. The number of imidazole rings is 1. The zero-order chi connectivity index (χ0) is 23.7. The second-order valence-electron chi connectivity index (χ2n) is 9.04. The molecule has 3 aromatic carbocycles. The predicted molar refractivity (Wildman–Crippen MR) is 133 cm³/mol. The van der Waals surface area contributed by atoms with Crippen LogP contribution in [0.1, 0.15) is 29.3 Å². The smallest absolute Gasteiger partial charge is 0.227 e. The van der Waals surface area contributed by atoms with Crippen molar-refractivity contribution in [2.45, 2.75) is 38.8 Å². The number of hydrogen-bond donors (Lipinski definition) is 1. The third-order valence-corrected chi connectivity index (χ3v) is 6.44. The lowest BCUT2D eigenvalue weighted by Gasteiger charge is -2.20. The maximum atomic E-state index is 13.0. The van der Waals surface area contributed by atoms with Gasteiger partial charge in [-0.1, -0.05) is 48.0 Å². The Morgan fingerprint density at radius 3 is 2.56 bits per heavy atom. The number of nitrogens with zero attached hydrogens (tertiary/aromatic N) is 3. The number of hydrogen-bond acceptors (Lipinski definition) is 4. The molecule has 174 valence electrons. The Labute approximate surface area is 199 Å². The van der Waals surface area contributed by atoms with Gasteiger partial charge in [0, 0.05) is 24.6 Å². The monoisotopic (exact) mass is 455 g/mol. The van der Waals surface area contributed by atoms with Gasteiger partial charge >= 0.3 is 0 Å². The summed E-state index contributed by atoms with van der Waals surface area (Å²) in [6.45, 7) is 5.14. The van der Waals surface area contributed by atoms with Gasteiger partial charge in [-0.05, 0) is 49.7 Å². The number of carbonyl (C=O) groups is 1. The van der Waals surface area contributed by atoms with Gasteiger partial charge < -0.3 is 19.3 Å². The number of aliphatic hydroxyl groups is 1. The third kappa shape index (κ3) is 4.41. The number of benzene rings is 3. The normalized spacial score (nSPS) is 16.9. The molecule has 1 aliphatic heterocycles. The van der Waals surface area contributed by atoms with Crippen LogP contribution in [0, 0.1) is 13.8 Å². The van der Waals surface area contributed by atoms with Crippen LogP contribution >= 0.6 is 0 Å². The van der Waals surface area contributed by atoms with E-state index in [1.54, 1.807) is 0 Å². The Morgan fingerprint density at radius 1 is 1.03 bits per heavy atom. The number of rotatable bonds is 7. The topological polar surface area (TPSA) is 67.6 Å². The summed E-state index contributed by atoms with van der Waals surface area (Å²) >= 11 is 0. The van der Waals surface area contributed by atoms with Crippen molar-refractivity contribution in [2.24, 2.45) is 0 Å². The van der Waals surface area contributed by atoms with Gasteiger partial charge in [0.1, 0.15) is 24.3 Å². The van der Waals surface area contributed by atoms with Crippen molar-refractivity contribution in [3.63, 3.8) is 0 Å². The summed E-state index contributed by atoms with van der Waals surface area (Å²) in [5.74, 6) is 1.61. The molecule has 1 fully saturated rings. The van der Waals surface area contributed by atoms with Gasteiger partial charge in [-0.15, -0.1) is 0 Å². The number of aliphatic hydroxyl groups excluding tert-OH is 1. The molecular weight excluding hydrogens is 426 g/mol. The predicted octanol–water partition coefficient (Wildman–Crippen LogP) is 4.61. The number of carbonyl (C=O) groups excluding carboxylic acids is 1. The van der Waals surface area contributed by atoms with Gasteiger partial charge in [-0.3, -0.25) is 4.79 Å². The molecule has 0 saturated carbocycles. The molecule has 6 heteroatoms. The molecule has 1 aliphatic rings. The van der Waals surface area contributed by atoms with Crippen molar-refractivity contribution in [1.82, 2.24) is 9.55 Å². The van der Waals surface area contributed by atoms with Crippen LogP contribution in [0.5, 0.6) is 5.75 Å². The zero-order valence-corrected chi connectivity index (χ0v) is 19.5. The molecule has 1 saturated heterocycles. The van der Waals surface area contributed by atoms with E-state index in [0.717, 1.165) is 39.4 Å². The minimum atomic E-state index is -0.720. The van der Waals surface area contributed by atoms with Crippen LogP contribution in [0.3, 0.4) is 0 Å². The van der Waals surface area contributed by atoms with Gasteiger partial charge in [-0.25, -0.2) is 4.98 Å². The molecule has 1 N–H and O–H groups in total. The van der Waals surface area contributed by atoms with Gasteiger partial charge in [0.25, 0.3) is 0 Å². The summed E-state index contributed by atoms with van der Waals surface area (Å²) in [6, 6.07) is 23.7. The Kier molecular flexibility index (Phi) is 6.07. The van der Waals surface area contributed by atoms with Crippen molar-refractivity contribution in [1.29, 1.82) is 0 Å². The van der Waals surface area contributed by atoms with Gasteiger partial charge in [-0.2, -0.15) is 0 Å². The first-order valence-electron chi connectivity index (χ1n) is 11.7. The summed E-state index contributed by atoms with van der Waals surface area (Å²) in [6.07, 6.45) is -0.324. The fraction of sp³-hybridized carbons (Fsp3) is 0.286. The number of amides is 1. The number of fused-ring (bicyclic) bond motifs is 1. The van der Waals surface area contributed by atoms with Gasteiger partial charge in [0.2, 0.25) is 5.91 Å². The van der Waals surface area contributed by atoms with Crippen LogP contribution in [0.4, 0.5) is 5.69 Å². The molecular formula is C28H29N3O3. The highest BCUT2D eigenvalue weighted by Gasteiger charge is 2.35. The molecule has 0 spiro atoms. The second kappa shape index (κ2) is 9.31. The minimum absolute atomic E-state index is 0.0512. The van der Waals surface area contributed by atoms with E-state index < -0.39 is 6.10 Å². The third-order valence-electron chi connectivity index (χ3n) is 6.44. The Balaban J connectivity index is 1.38. The Morgan fingerprint density at radius 2 is 1.76 bits per heavy atom. The first-order chi connectivity index (χ1) is 16.5. The highest BCUT2D eigenvalue weighted by atomic mass is 16.5. The highest BCUT2D eigenvalue weighted by Crippen LogP contribution is 2.34. The maximum Gasteiger partial charge on any atom is 0.227 e. The number of aryl methyl sites for hydroxylation is 2. The molecule has 2 heterocycles. The van der Waals surface area contributed by atoms with Crippen LogP contribution in [-0.2, 0) is 11.3 Å². The highest BCUT2D eigenvalue weighted by molar-refractivity contribution is 5.97. The quantitative estimate of drug-likeness (QED) is 0.442. The molecule has 2 unspecified atom stereocenters. The first kappa shape index (κ1) is 22.2. The largest absolute Gasteiger partial charge is 0.491 e. The molecule has 1 amide bonds. The van der Waals surface area contributed by atoms with E-state index in [4.69, 9.17) is 9.72 Å². The van der Waals surface area contributed by atoms with Crippen LogP contribution in [0.15, 0.2) is 72.8 Å². The van der Waals surface area contributed by atoms with E-state index in [1.165, 1.54) is 0 Å². The van der Waals surface area contributed by atoms with E-state index >= 15 is 0 Å². The summed E-state index contributed by atoms with van der Waals surface area (Å²) in [4.78, 5) is 19.7. The van der Waals surface area contributed by atoms with E-state index in [9.17, 15) is 9.90 Å². The van der Waals surface area contributed by atoms with Crippen molar-refractivity contribution < 1.29 is 14.6 Å².